The number of carbonyl (C=O) groups excluding carboxylic acids is 1. The smallest absolute Gasteiger partial charge is 0.182 e. The van der Waals surface area contributed by atoms with Crippen molar-refractivity contribution in [1.82, 2.24) is 9.55 Å². The predicted molar refractivity (Wildman–Crippen MR) is 79.4 cm³/mol. The van der Waals surface area contributed by atoms with Crippen LogP contribution in [-0.4, -0.2) is 15.3 Å². The Morgan fingerprint density at radius 2 is 1.95 bits per heavy atom. The molecular formula is C16H17ClN2O. The number of hydrogen-bond donors (Lipinski definition) is 0. The van der Waals surface area contributed by atoms with Crippen LogP contribution in [0.2, 0.25) is 5.02 Å². The third kappa shape index (κ3) is 2.50. The monoisotopic (exact) mass is 288 g/mol. The molecule has 0 aliphatic heterocycles. The van der Waals surface area contributed by atoms with Crippen molar-refractivity contribution in [2.45, 2.75) is 39.2 Å². The average Bonchev–Trinajstić information content (AvgIpc) is 2.76. The molecule has 1 aromatic carbocycles. The predicted octanol–water partition coefficient (Wildman–Crippen LogP) is 3.61. The highest BCUT2D eigenvalue weighted by molar-refractivity contribution is 6.30. The lowest BCUT2D eigenvalue weighted by atomic mass is 10.0. The van der Waals surface area contributed by atoms with Gasteiger partial charge in [-0.05, 0) is 56.9 Å². The van der Waals surface area contributed by atoms with Crippen LogP contribution in [0.5, 0.6) is 0 Å². The van der Waals surface area contributed by atoms with Crippen molar-refractivity contribution in [1.29, 1.82) is 0 Å². The topological polar surface area (TPSA) is 34.9 Å². The Balaban J connectivity index is 1.86. The summed E-state index contributed by atoms with van der Waals surface area (Å²) in [6, 6.07) is 7.07. The van der Waals surface area contributed by atoms with E-state index in [9.17, 15) is 4.79 Å². The number of carbonyl (C=O) groups is 1. The number of fused-ring (bicyclic) bond motifs is 1. The van der Waals surface area contributed by atoms with E-state index in [4.69, 9.17) is 11.6 Å². The Kier molecular flexibility index (Phi) is 3.62. The second-order valence-electron chi connectivity index (χ2n) is 5.28. The van der Waals surface area contributed by atoms with Gasteiger partial charge in [0.1, 0.15) is 5.82 Å². The van der Waals surface area contributed by atoms with Crippen molar-refractivity contribution in [3.05, 3.63) is 52.1 Å². The minimum Gasteiger partial charge on any atom is -0.324 e. The molecule has 3 nitrogen and oxygen atoms in total. The fraction of sp³-hybridized carbons (Fsp3) is 0.375. The molecule has 20 heavy (non-hydrogen) atoms. The van der Waals surface area contributed by atoms with Gasteiger partial charge in [-0.3, -0.25) is 4.79 Å². The molecule has 0 saturated heterocycles. The number of rotatable bonds is 3. The Morgan fingerprint density at radius 3 is 2.70 bits per heavy atom. The lowest BCUT2D eigenvalue weighted by Gasteiger charge is -2.14. The van der Waals surface area contributed by atoms with Gasteiger partial charge in [0.05, 0.1) is 12.2 Å². The molecule has 104 valence electrons. The summed E-state index contributed by atoms with van der Waals surface area (Å²) < 4.78 is 2.07. The number of halogens is 1. The van der Waals surface area contributed by atoms with Crippen LogP contribution >= 0.6 is 11.6 Å². The summed E-state index contributed by atoms with van der Waals surface area (Å²) >= 11 is 5.85. The van der Waals surface area contributed by atoms with E-state index in [0.29, 0.717) is 17.1 Å². The van der Waals surface area contributed by atoms with Crippen LogP contribution in [0.25, 0.3) is 0 Å². The standard InChI is InChI=1S/C16H17ClN2O/c1-11-18-14-4-2-3-5-15(14)19(11)10-16(20)12-6-8-13(17)9-7-12/h6-9H,2-5,10H2,1H3. The summed E-state index contributed by atoms with van der Waals surface area (Å²) in [6.07, 6.45) is 4.46. The van der Waals surface area contributed by atoms with E-state index in [-0.39, 0.29) is 5.78 Å². The summed E-state index contributed by atoms with van der Waals surface area (Å²) in [5, 5.41) is 0.651. The fourth-order valence-corrected chi connectivity index (χ4v) is 2.94. The minimum atomic E-state index is 0.107. The summed E-state index contributed by atoms with van der Waals surface area (Å²) in [5.74, 6) is 1.05. The van der Waals surface area contributed by atoms with E-state index in [2.05, 4.69) is 9.55 Å². The molecule has 0 radical (unpaired) electrons. The number of aryl methyl sites for hydroxylation is 2. The zero-order chi connectivity index (χ0) is 14.1. The van der Waals surface area contributed by atoms with Crippen LogP contribution < -0.4 is 0 Å². The number of ketones is 1. The van der Waals surface area contributed by atoms with Gasteiger partial charge in [0.15, 0.2) is 5.78 Å². The first-order chi connectivity index (χ1) is 9.65. The Labute approximate surface area is 123 Å². The van der Waals surface area contributed by atoms with Crippen LogP contribution in [0.1, 0.15) is 40.4 Å². The lowest BCUT2D eigenvalue weighted by Crippen LogP contribution is -2.16. The molecular weight excluding hydrogens is 272 g/mol. The van der Waals surface area contributed by atoms with Gasteiger partial charge in [-0.2, -0.15) is 0 Å². The van der Waals surface area contributed by atoms with Gasteiger partial charge >= 0.3 is 0 Å². The summed E-state index contributed by atoms with van der Waals surface area (Å²) in [7, 11) is 0. The molecule has 0 amide bonds. The zero-order valence-corrected chi connectivity index (χ0v) is 12.3. The van der Waals surface area contributed by atoms with E-state index in [0.717, 1.165) is 18.7 Å². The number of aromatic nitrogens is 2. The third-order valence-electron chi connectivity index (χ3n) is 3.89. The zero-order valence-electron chi connectivity index (χ0n) is 11.5. The van der Waals surface area contributed by atoms with Crippen molar-refractivity contribution in [2.24, 2.45) is 0 Å². The number of Topliss-reactive ketones (excluding diaryl/α,β-unsaturated/α-hetero) is 1. The number of nitrogens with zero attached hydrogens (tertiary/aromatic N) is 2. The maximum Gasteiger partial charge on any atom is 0.182 e. The average molecular weight is 289 g/mol. The normalized spacial score (nSPS) is 14.1. The molecule has 0 atom stereocenters. The molecule has 0 saturated carbocycles. The van der Waals surface area contributed by atoms with Gasteiger partial charge in [-0.15, -0.1) is 0 Å². The van der Waals surface area contributed by atoms with Gasteiger partial charge in [0.2, 0.25) is 0 Å². The SMILES string of the molecule is Cc1nc2c(n1CC(=O)c1ccc(Cl)cc1)CCCC2. The van der Waals surface area contributed by atoms with E-state index in [1.54, 1.807) is 24.3 Å². The molecule has 1 heterocycles. The summed E-state index contributed by atoms with van der Waals surface area (Å²) in [6.45, 7) is 2.35. The molecule has 1 aromatic heterocycles. The van der Waals surface area contributed by atoms with Gasteiger partial charge in [-0.1, -0.05) is 11.6 Å². The summed E-state index contributed by atoms with van der Waals surface area (Å²) in [5.41, 5.74) is 3.13. The van der Waals surface area contributed by atoms with Crippen LogP contribution in [0.3, 0.4) is 0 Å². The number of imidazole rings is 1. The molecule has 4 heteroatoms. The lowest BCUT2D eigenvalue weighted by molar-refractivity contribution is 0.0970. The molecule has 3 rings (SSSR count). The minimum absolute atomic E-state index is 0.107. The van der Waals surface area contributed by atoms with Crippen molar-refractivity contribution in [2.75, 3.05) is 0 Å². The van der Waals surface area contributed by atoms with Crippen molar-refractivity contribution >= 4 is 17.4 Å². The van der Waals surface area contributed by atoms with Gasteiger partial charge in [-0.25, -0.2) is 4.98 Å². The van der Waals surface area contributed by atoms with Gasteiger partial charge < -0.3 is 4.57 Å². The Hall–Kier alpha value is -1.61. The maximum absolute atomic E-state index is 12.4. The highest BCUT2D eigenvalue weighted by Crippen LogP contribution is 2.22. The van der Waals surface area contributed by atoms with E-state index in [1.807, 2.05) is 6.92 Å². The molecule has 1 aliphatic rings. The Morgan fingerprint density at radius 1 is 1.25 bits per heavy atom. The molecule has 0 spiro atoms. The quantitative estimate of drug-likeness (QED) is 0.809. The fourth-order valence-electron chi connectivity index (χ4n) is 2.82. The first-order valence-corrected chi connectivity index (χ1v) is 7.36. The van der Waals surface area contributed by atoms with E-state index in [1.165, 1.54) is 24.2 Å². The van der Waals surface area contributed by atoms with Crippen LogP contribution in [-0.2, 0) is 19.4 Å². The van der Waals surface area contributed by atoms with Gasteiger partial charge in [0, 0.05) is 16.3 Å². The number of hydrogen-bond acceptors (Lipinski definition) is 2. The van der Waals surface area contributed by atoms with Crippen LogP contribution in [0.15, 0.2) is 24.3 Å². The second kappa shape index (κ2) is 5.41. The van der Waals surface area contributed by atoms with Gasteiger partial charge in [0.25, 0.3) is 0 Å². The van der Waals surface area contributed by atoms with Crippen LogP contribution in [0, 0.1) is 6.92 Å². The largest absolute Gasteiger partial charge is 0.324 e. The second-order valence-corrected chi connectivity index (χ2v) is 5.71. The first kappa shape index (κ1) is 13.4. The third-order valence-corrected chi connectivity index (χ3v) is 4.14. The maximum atomic E-state index is 12.4. The molecule has 0 N–H and O–H groups in total. The van der Waals surface area contributed by atoms with E-state index < -0.39 is 0 Å². The molecule has 0 fully saturated rings. The first-order valence-electron chi connectivity index (χ1n) is 6.99. The van der Waals surface area contributed by atoms with Crippen molar-refractivity contribution in [3.63, 3.8) is 0 Å². The van der Waals surface area contributed by atoms with Crippen LogP contribution in [0.4, 0.5) is 0 Å². The van der Waals surface area contributed by atoms with E-state index >= 15 is 0 Å². The molecule has 2 aromatic rings. The Bertz CT molecular complexity index is 643. The van der Waals surface area contributed by atoms with Crippen molar-refractivity contribution < 1.29 is 4.79 Å². The molecule has 0 unspecified atom stereocenters. The number of benzene rings is 1. The highest BCUT2D eigenvalue weighted by atomic mass is 35.5. The molecule has 0 bridgehead atoms. The van der Waals surface area contributed by atoms with Crippen molar-refractivity contribution in [3.8, 4) is 0 Å². The summed E-state index contributed by atoms with van der Waals surface area (Å²) in [4.78, 5) is 17.0. The highest BCUT2D eigenvalue weighted by Gasteiger charge is 2.19. The molecule has 1 aliphatic carbocycles.